The molecule has 0 saturated carbocycles. The fourth-order valence-electron chi connectivity index (χ4n) is 3.50. The summed E-state index contributed by atoms with van der Waals surface area (Å²) >= 11 is 1.37. The van der Waals surface area contributed by atoms with E-state index in [0.29, 0.717) is 16.2 Å². The normalized spacial score (nSPS) is 11.4. The quantitative estimate of drug-likeness (QED) is 0.364. The van der Waals surface area contributed by atoms with Crippen molar-refractivity contribution in [1.29, 1.82) is 0 Å². The SMILES string of the molecule is CCCCCCCCc1nnc(NC(=O)Cn2cnc3c(oc4ccccc43)c2=O)s1. The molecule has 0 atom stereocenters. The van der Waals surface area contributed by atoms with E-state index >= 15 is 0 Å². The van der Waals surface area contributed by atoms with Crippen LogP contribution in [0.4, 0.5) is 5.13 Å². The summed E-state index contributed by atoms with van der Waals surface area (Å²) in [5.41, 5.74) is 0.850. The molecular weight excluding hydrogens is 414 g/mol. The molecule has 0 radical (unpaired) electrons. The number of amides is 1. The van der Waals surface area contributed by atoms with Crippen molar-refractivity contribution in [3.63, 3.8) is 0 Å². The Kier molecular flexibility index (Phi) is 6.71. The van der Waals surface area contributed by atoms with Gasteiger partial charge in [-0.25, -0.2) is 4.98 Å². The van der Waals surface area contributed by atoms with Gasteiger partial charge in [-0.3, -0.25) is 19.5 Å². The average Bonchev–Trinajstić information content (AvgIpc) is 3.37. The number of rotatable bonds is 10. The first kappa shape index (κ1) is 21.2. The van der Waals surface area contributed by atoms with Gasteiger partial charge in [0, 0.05) is 11.8 Å². The Labute approximate surface area is 183 Å². The smallest absolute Gasteiger partial charge is 0.297 e. The third-order valence-corrected chi connectivity index (χ3v) is 6.02. The first-order chi connectivity index (χ1) is 15.2. The van der Waals surface area contributed by atoms with E-state index in [1.165, 1.54) is 54.3 Å². The molecule has 1 aromatic carbocycles. The van der Waals surface area contributed by atoms with Crippen LogP contribution in [0.15, 0.2) is 39.8 Å². The lowest BCUT2D eigenvalue weighted by Gasteiger charge is -2.04. The summed E-state index contributed by atoms with van der Waals surface area (Å²) < 4.78 is 6.88. The number of unbranched alkanes of at least 4 members (excludes halogenated alkanes) is 5. The summed E-state index contributed by atoms with van der Waals surface area (Å²) in [7, 11) is 0. The second-order valence-corrected chi connectivity index (χ2v) is 8.58. The summed E-state index contributed by atoms with van der Waals surface area (Å²) in [6.07, 6.45) is 9.55. The topological polar surface area (TPSA) is 103 Å². The first-order valence-corrected chi connectivity index (χ1v) is 11.5. The number of nitrogens with zero attached hydrogens (tertiary/aromatic N) is 4. The van der Waals surface area contributed by atoms with Gasteiger partial charge in [0.15, 0.2) is 0 Å². The van der Waals surface area contributed by atoms with E-state index in [9.17, 15) is 9.59 Å². The molecule has 0 spiro atoms. The number of carbonyl (C=O) groups is 1. The molecule has 0 aliphatic carbocycles. The second-order valence-electron chi connectivity index (χ2n) is 7.52. The lowest BCUT2D eigenvalue weighted by atomic mass is 10.1. The second kappa shape index (κ2) is 9.82. The van der Waals surface area contributed by atoms with Gasteiger partial charge in [0.2, 0.25) is 16.6 Å². The van der Waals surface area contributed by atoms with Gasteiger partial charge in [-0.05, 0) is 18.6 Å². The van der Waals surface area contributed by atoms with Crippen molar-refractivity contribution in [2.75, 3.05) is 5.32 Å². The number of para-hydroxylation sites is 1. The van der Waals surface area contributed by atoms with Crippen LogP contribution in [0.1, 0.15) is 50.5 Å². The summed E-state index contributed by atoms with van der Waals surface area (Å²) in [4.78, 5) is 29.5. The highest BCUT2D eigenvalue weighted by molar-refractivity contribution is 7.15. The zero-order valence-corrected chi connectivity index (χ0v) is 18.3. The van der Waals surface area contributed by atoms with Crippen LogP contribution < -0.4 is 10.9 Å². The lowest BCUT2D eigenvalue weighted by Crippen LogP contribution is -2.27. The number of fused-ring (bicyclic) bond motifs is 3. The molecule has 3 aromatic heterocycles. The molecule has 0 fully saturated rings. The predicted molar refractivity (Wildman–Crippen MR) is 121 cm³/mol. The minimum Gasteiger partial charge on any atom is -0.448 e. The van der Waals surface area contributed by atoms with E-state index < -0.39 is 5.56 Å². The number of hydrogen-bond donors (Lipinski definition) is 1. The maximum Gasteiger partial charge on any atom is 0.297 e. The fraction of sp³-hybridized carbons (Fsp3) is 0.409. The van der Waals surface area contributed by atoms with Crippen molar-refractivity contribution in [3.05, 3.63) is 46.0 Å². The molecule has 1 N–H and O–H groups in total. The fourth-order valence-corrected chi connectivity index (χ4v) is 4.30. The van der Waals surface area contributed by atoms with Crippen molar-refractivity contribution in [2.45, 2.75) is 58.4 Å². The van der Waals surface area contributed by atoms with E-state index in [2.05, 4.69) is 27.4 Å². The minimum atomic E-state index is -0.391. The molecule has 8 nitrogen and oxygen atoms in total. The minimum absolute atomic E-state index is 0.147. The summed E-state index contributed by atoms with van der Waals surface area (Å²) in [5, 5.41) is 13.0. The molecule has 0 bridgehead atoms. The predicted octanol–water partition coefficient (Wildman–Crippen LogP) is 4.54. The number of benzene rings is 1. The Morgan fingerprint density at radius 2 is 1.94 bits per heavy atom. The first-order valence-electron chi connectivity index (χ1n) is 10.6. The van der Waals surface area contributed by atoms with Gasteiger partial charge in [-0.2, -0.15) is 0 Å². The largest absolute Gasteiger partial charge is 0.448 e. The monoisotopic (exact) mass is 439 g/mol. The number of carbonyl (C=O) groups excluding carboxylic acids is 1. The molecule has 0 saturated heterocycles. The Morgan fingerprint density at radius 1 is 1.13 bits per heavy atom. The molecule has 0 unspecified atom stereocenters. The van der Waals surface area contributed by atoms with Crippen molar-refractivity contribution >= 4 is 44.4 Å². The Morgan fingerprint density at radius 3 is 2.81 bits per heavy atom. The van der Waals surface area contributed by atoms with Crippen molar-refractivity contribution in [1.82, 2.24) is 19.7 Å². The Balaban J connectivity index is 1.35. The van der Waals surface area contributed by atoms with Crippen LogP contribution in [-0.2, 0) is 17.8 Å². The highest BCUT2D eigenvalue weighted by Crippen LogP contribution is 2.24. The van der Waals surface area contributed by atoms with Gasteiger partial charge in [-0.15, -0.1) is 10.2 Å². The van der Waals surface area contributed by atoms with Crippen molar-refractivity contribution in [2.24, 2.45) is 0 Å². The molecule has 1 amide bonds. The van der Waals surface area contributed by atoms with Crippen LogP contribution >= 0.6 is 11.3 Å². The van der Waals surface area contributed by atoms with Gasteiger partial charge in [0.1, 0.15) is 22.7 Å². The molecule has 3 heterocycles. The van der Waals surface area contributed by atoms with Crippen molar-refractivity contribution < 1.29 is 9.21 Å². The van der Waals surface area contributed by atoms with Crippen LogP contribution in [0.3, 0.4) is 0 Å². The molecule has 162 valence electrons. The third kappa shape index (κ3) is 4.99. The van der Waals surface area contributed by atoms with E-state index in [-0.39, 0.29) is 18.0 Å². The highest BCUT2D eigenvalue weighted by Gasteiger charge is 2.15. The third-order valence-electron chi connectivity index (χ3n) is 5.12. The molecule has 9 heteroatoms. The molecular formula is C22H25N5O3S. The van der Waals surface area contributed by atoms with Crippen LogP contribution in [-0.4, -0.2) is 25.7 Å². The maximum atomic E-state index is 12.7. The summed E-state index contributed by atoms with van der Waals surface area (Å²) in [6.45, 7) is 2.03. The van der Waals surface area contributed by atoms with E-state index in [1.54, 1.807) is 6.07 Å². The standard InChI is InChI=1S/C22H25N5O3S/c1-2-3-4-5-6-7-12-18-25-26-22(31-18)24-17(28)13-27-14-23-19-15-10-8-9-11-16(15)30-20(19)21(27)29/h8-11,14H,2-7,12-13H2,1H3,(H,24,26,28). The van der Waals surface area contributed by atoms with E-state index in [1.807, 2.05) is 18.2 Å². The van der Waals surface area contributed by atoms with Crippen molar-refractivity contribution in [3.8, 4) is 0 Å². The van der Waals surface area contributed by atoms with Gasteiger partial charge < -0.3 is 4.42 Å². The van der Waals surface area contributed by atoms with E-state index in [0.717, 1.165) is 23.2 Å². The Bertz CT molecular complexity index is 1240. The summed E-state index contributed by atoms with van der Waals surface area (Å²) in [6, 6.07) is 7.33. The molecule has 0 aliphatic heterocycles. The van der Waals surface area contributed by atoms with Gasteiger partial charge >= 0.3 is 0 Å². The van der Waals surface area contributed by atoms with Crippen LogP contribution in [0.5, 0.6) is 0 Å². The van der Waals surface area contributed by atoms with Crippen LogP contribution in [0.2, 0.25) is 0 Å². The van der Waals surface area contributed by atoms with Crippen LogP contribution in [0, 0.1) is 0 Å². The lowest BCUT2D eigenvalue weighted by molar-refractivity contribution is -0.116. The van der Waals surface area contributed by atoms with Crippen LogP contribution in [0.25, 0.3) is 22.1 Å². The van der Waals surface area contributed by atoms with Gasteiger partial charge in [-0.1, -0.05) is 62.5 Å². The van der Waals surface area contributed by atoms with Gasteiger partial charge in [0.25, 0.3) is 5.56 Å². The molecule has 4 aromatic rings. The highest BCUT2D eigenvalue weighted by atomic mass is 32.1. The number of aryl methyl sites for hydroxylation is 1. The average molecular weight is 440 g/mol. The van der Waals surface area contributed by atoms with Gasteiger partial charge in [0.05, 0.1) is 6.33 Å². The number of hydrogen-bond acceptors (Lipinski definition) is 7. The zero-order valence-electron chi connectivity index (χ0n) is 17.5. The number of nitrogens with one attached hydrogen (secondary N) is 1. The Hall–Kier alpha value is -3.07. The number of furan rings is 1. The summed E-state index contributed by atoms with van der Waals surface area (Å²) in [5.74, 6) is -0.360. The number of aromatic nitrogens is 4. The zero-order chi connectivity index (χ0) is 21.6. The molecule has 4 rings (SSSR count). The van der Waals surface area contributed by atoms with E-state index in [4.69, 9.17) is 4.42 Å². The molecule has 0 aliphatic rings. The maximum absolute atomic E-state index is 12.7. The molecule has 31 heavy (non-hydrogen) atoms. The number of anilines is 1.